The summed E-state index contributed by atoms with van der Waals surface area (Å²) in [6.07, 6.45) is 0. The van der Waals surface area contributed by atoms with Crippen molar-refractivity contribution in [2.75, 3.05) is 0 Å². The molecule has 64 valence electrons. The van der Waals surface area contributed by atoms with Gasteiger partial charge in [-0.1, -0.05) is 0 Å². The molecule has 12 heavy (non-hydrogen) atoms. The molecule has 0 radical (unpaired) electrons. The number of rotatable bonds is 1. The lowest BCUT2D eigenvalue weighted by Crippen LogP contribution is -2.00. The Morgan fingerprint density at radius 3 is 2.42 bits per heavy atom. The second-order valence-corrected chi connectivity index (χ2v) is 2.74. The first kappa shape index (κ1) is 8.59. The number of hydrogen-bond donors (Lipinski definition) is 2. The molecule has 0 heterocycles. The number of hydrogen-bond acceptors (Lipinski definition) is 2. The van der Waals surface area contributed by atoms with Crippen LogP contribution in [0.4, 0.5) is 0 Å². The molecular formula is C9H10O3. The van der Waals surface area contributed by atoms with Gasteiger partial charge in [0.15, 0.2) is 0 Å². The number of aromatic carboxylic acids is 1. The van der Waals surface area contributed by atoms with Crippen molar-refractivity contribution in [3.05, 3.63) is 28.8 Å². The minimum Gasteiger partial charge on any atom is -0.508 e. The van der Waals surface area contributed by atoms with Crippen molar-refractivity contribution in [2.24, 2.45) is 0 Å². The fourth-order valence-corrected chi connectivity index (χ4v) is 1.06. The fourth-order valence-electron chi connectivity index (χ4n) is 1.06. The lowest BCUT2D eigenvalue weighted by Gasteiger charge is -2.04. The van der Waals surface area contributed by atoms with Gasteiger partial charge in [-0.3, -0.25) is 0 Å². The van der Waals surface area contributed by atoms with Crippen molar-refractivity contribution in [3.8, 4) is 5.75 Å². The third-order valence-electron chi connectivity index (χ3n) is 1.88. The van der Waals surface area contributed by atoms with Gasteiger partial charge in [-0.25, -0.2) is 4.79 Å². The Bertz CT molecular complexity index is 329. The Morgan fingerprint density at radius 1 is 1.33 bits per heavy atom. The van der Waals surface area contributed by atoms with E-state index >= 15 is 0 Å². The minimum absolute atomic E-state index is 0.00417. The average Bonchev–Trinajstić information content (AvgIpc) is 1.96. The molecule has 1 rings (SSSR count). The highest BCUT2D eigenvalue weighted by Gasteiger charge is 2.09. The molecule has 0 spiro atoms. The Labute approximate surface area is 70.3 Å². The summed E-state index contributed by atoms with van der Waals surface area (Å²) < 4.78 is 0. The van der Waals surface area contributed by atoms with Gasteiger partial charge >= 0.3 is 5.97 Å². The van der Waals surface area contributed by atoms with Crippen LogP contribution in [0, 0.1) is 13.8 Å². The molecule has 0 saturated heterocycles. The van der Waals surface area contributed by atoms with Crippen LogP contribution < -0.4 is 0 Å². The standard InChI is InChI=1S/C9H10O3/c1-5-3-7(10)4-8(6(5)2)9(11)12/h3-4,10H,1-2H3,(H,11,12). The van der Waals surface area contributed by atoms with E-state index in [-0.39, 0.29) is 11.3 Å². The number of benzene rings is 1. The zero-order valence-corrected chi connectivity index (χ0v) is 6.96. The van der Waals surface area contributed by atoms with Gasteiger partial charge < -0.3 is 10.2 Å². The Kier molecular flexibility index (Phi) is 2.04. The molecule has 1 aromatic rings. The Morgan fingerprint density at radius 2 is 1.92 bits per heavy atom. The second-order valence-electron chi connectivity index (χ2n) is 2.74. The zero-order valence-electron chi connectivity index (χ0n) is 6.96. The number of phenols is 1. The molecule has 0 saturated carbocycles. The van der Waals surface area contributed by atoms with E-state index in [4.69, 9.17) is 10.2 Å². The van der Waals surface area contributed by atoms with Crippen LogP contribution in [0.5, 0.6) is 5.75 Å². The van der Waals surface area contributed by atoms with Crippen molar-refractivity contribution in [1.29, 1.82) is 0 Å². The Hall–Kier alpha value is -1.51. The summed E-state index contributed by atoms with van der Waals surface area (Å²) in [6, 6.07) is 2.80. The largest absolute Gasteiger partial charge is 0.508 e. The van der Waals surface area contributed by atoms with Gasteiger partial charge in [0.1, 0.15) is 5.75 Å². The molecule has 2 N–H and O–H groups in total. The van der Waals surface area contributed by atoms with E-state index in [1.807, 2.05) is 0 Å². The average molecular weight is 166 g/mol. The molecule has 0 aliphatic heterocycles. The van der Waals surface area contributed by atoms with Crippen molar-refractivity contribution in [1.82, 2.24) is 0 Å². The predicted octanol–water partition coefficient (Wildman–Crippen LogP) is 1.71. The van der Waals surface area contributed by atoms with E-state index in [1.54, 1.807) is 19.9 Å². The molecule has 0 aromatic heterocycles. The van der Waals surface area contributed by atoms with Gasteiger partial charge in [-0.05, 0) is 37.1 Å². The second kappa shape index (κ2) is 2.85. The van der Waals surface area contributed by atoms with Gasteiger partial charge in [0.05, 0.1) is 5.56 Å². The summed E-state index contributed by atoms with van der Waals surface area (Å²) in [5.74, 6) is -1.01. The minimum atomic E-state index is -1.01. The summed E-state index contributed by atoms with van der Waals surface area (Å²) in [4.78, 5) is 10.6. The molecular weight excluding hydrogens is 156 g/mol. The van der Waals surface area contributed by atoms with Crippen LogP contribution in [-0.4, -0.2) is 16.2 Å². The van der Waals surface area contributed by atoms with Crippen molar-refractivity contribution in [2.45, 2.75) is 13.8 Å². The monoisotopic (exact) mass is 166 g/mol. The molecule has 0 amide bonds. The predicted molar refractivity (Wildman–Crippen MR) is 44.5 cm³/mol. The number of aryl methyl sites for hydroxylation is 1. The SMILES string of the molecule is Cc1cc(O)cc(C(=O)O)c1C. The molecule has 3 nitrogen and oxygen atoms in total. The highest BCUT2D eigenvalue weighted by molar-refractivity contribution is 5.90. The van der Waals surface area contributed by atoms with Gasteiger partial charge in [-0.2, -0.15) is 0 Å². The maximum absolute atomic E-state index is 10.6. The summed E-state index contributed by atoms with van der Waals surface area (Å²) in [6.45, 7) is 3.49. The number of phenolic OH excluding ortho intramolecular Hbond substituents is 1. The third-order valence-corrected chi connectivity index (χ3v) is 1.88. The molecule has 0 fully saturated rings. The number of carbonyl (C=O) groups is 1. The van der Waals surface area contributed by atoms with Crippen LogP contribution in [0.25, 0.3) is 0 Å². The highest BCUT2D eigenvalue weighted by atomic mass is 16.4. The number of aromatic hydroxyl groups is 1. The normalized spacial score (nSPS) is 9.83. The van der Waals surface area contributed by atoms with Gasteiger partial charge in [-0.15, -0.1) is 0 Å². The lowest BCUT2D eigenvalue weighted by atomic mass is 10.0. The van der Waals surface area contributed by atoms with Crippen molar-refractivity contribution >= 4 is 5.97 Å². The fraction of sp³-hybridized carbons (Fsp3) is 0.222. The molecule has 0 unspecified atom stereocenters. The van der Waals surface area contributed by atoms with E-state index in [9.17, 15) is 4.79 Å². The van der Waals surface area contributed by atoms with Gasteiger partial charge in [0, 0.05) is 0 Å². The van der Waals surface area contributed by atoms with Gasteiger partial charge in [0.2, 0.25) is 0 Å². The van der Waals surface area contributed by atoms with E-state index in [2.05, 4.69) is 0 Å². The number of carboxylic acids is 1. The van der Waals surface area contributed by atoms with E-state index in [1.165, 1.54) is 6.07 Å². The zero-order chi connectivity index (χ0) is 9.30. The molecule has 0 aliphatic carbocycles. The summed E-state index contributed by atoms with van der Waals surface area (Å²) >= 11 is 0. The van der Waals surface area contributed by atoms with Crippen LogP contribution in [-0.2, 0) is 0 Å². The molecule has 0 bridgehead atoms. The van der Waals surface area contributed by atoms with E-state index in [0.717, 1.165) is 5.56 Å². The smallest absolute Gasteiger partial charge is 0.336 e. The summed E-state index contributed by atoms with van der Waals surface area (Å²) in [5.41, 5.74) is 1.64. The summed E-state index contributed by atoms with van der Waals surface area (Å²) in [5, 5.41) is 17.8. The maximum Gasteiger partial charge on any atom is 0.336 e. The van der Waals surface area contributed by atoms with Crippen LogP contribution in [0.15, 0.2) is 12.1 Å². The summed E-state index contributed by atoms with van der Waals surface area (Å²) in [7, 11) is 0. The van der Waals surface area contributed by atoms with Crippen LogP contribution in [0.3, 0.4) is 0 Å². The van der Waals surface area contributed by atoms with Crippen molar-refractivity contribution < 1.29 is 15.0 Å². The first-order valence-corrected chi connectivity index (χ1v) is 3.56. The molecule has 0 atom stereocenters. The molecule has 1 aromatic carbocycles. The first-order chi connectivity index (χ1) is 5.52. The lowest BCUT2D eigenvalue weighted by molar-refractivity contribution is 0.0695. The molecule has 3 heteroatoms. The van der Waals surface area contributed by atoms with Crippen LogP contribution >= 0.6 is 0 Å². The van der Waals surface area contributed by atoms with Crippen LogP contribution in [0.2, 0.25) is 0 Å². The van der Waals surface area contributed by atoms with Crippen molar-refractivity contribution in [3.63, 3.8) is 0 Å². The van der Waals surface area contributed by atoms with Crippen LogP contribution in [0.1, 0.15) is 21.5 Å². The Balaban J connectivity index is 3.37. The van der Waals surface area contributed by atoms with E-state index < -0.39 is 5.97 Å². The highest BCUT2D eigenvalue weighted by Crippen LogP contribution is 2.20. The quantitative estimate of drug-likeness (QED) is 0.667. The first-order valence-electron chi connectivity index (χ1n) is 3.56. The third kappa shape index (κ3) is 1.39. The maximum atomic E-state index is 10.6. The topological polar surface area (TPSA) is 57.5 Å². The van der Waals surface area contributed by atoms with Gasteiger partial charge in [0.25, 0.3) is 0 Å². The number of carboxylic acid groups (broad SMARTS) is 1. The van der Waals surface area contributed by atoms with E-state index in [0.29, 0.717) is 5.56 Å². The molecule has 0 aliphatic rings.